The molecule has 122 valence electrons. The lowest BCUT2D eigenvalue weighted by atomic mass is 10.2. The van der Waals surface area contributed by atoms with Gasteiger partial charge in [-0.3, -0.25) is 4.79 Å². The highest BCUT2D eigenvalue weighted by atomic mass is 32.1. The lowest BCUT2D eigenvalue weighted by Crippen LogP contribution is -2.10. The van der Waals surface area contributed by atoms with Crippen LogP contribution in [-0.2, 0) is 6.42 Å². The lowest BCUT2D eigenvalue weighted by Gasteiger charge is -2.08. The molecule has 24 heavy (non-hydrogen) atoms. The summed E-state index contributed by atoms with van der Waals surface area (Å²) in [6.45, 7) is 3.88. The van der Waals surface area contributed by atoms with Gasteiger partial charge in [-0.2, -0.15) is 16.3 Å². The lowest BCUT2D eigenvalue weighted by molar-refractivity contribution is 0.102. The first-order valence-electron chi connectivity index (χ1n) is 7.60. The van der Waals surface area contributed by atoms with Crippen LogP contribution >= 0.6 is 11.3 Å². The minimum atomic E-state index is -0.121. The van der Waals surface area contributed by atoms with Crippen LogP contribution in [-0.4, -0.2) is 15.9 Å². The number of thiophene rings is 1. The van der Waals surface area contributed by atoms with Crippen molar-refractivity contribution in [3.8, 4) is 11.6 Å². The number of benzene rings is 1. The van der Waals surface area contributed by atoms with Crippen molar-refractivity contribution in [3.63, 3.8) is 0 Å². The van der Waals surface area contributed by atoms with Crippen molar-refractivity contribution in [3.05, 3.63) is 64.2 Å². The molecule has 0 fully saturated rings. The zero-order chi connectivity index (χ0) is 16.9. The predicted octanol–water partition coefficient (Wildman–Crippen LogP) is 4.45. The number of nitrogens with zero attached hydrogens (tertiary/aromatic N) is 2. The van der Waals surface area contributed by atoms with E-state index in [9.17, 15) is 4.79 Å². The fourth-order valence-electron chi connectivity index (χ4n) is 2.16. The third-order valence-electron chi connectivity index (χ3n) is 3.35. The number of aryl methyl sites for hydroxylation is 2. The Hall–Kier alpha value is -2.73. The third kappa shape index (κ3) is 3.97. The van der Waals surface area contributed by atoms with Crippen molar-refractivity contribution in [1.82, 2.24) is 9.97 Å². The second-order valence-corrected chi connectivity index (χ2v) is 5.97. The van der Waals surface area contributed by atoms with Crippen LogP contribution in [0.2, 0.25) is 0 Å². The average Bonchev–Trinajstić information content (AvgIpc) is 3.11. The molecule has 0 aliphatic rings. The first-order chi connectivity index (χ1) is 11.6. The van der Waals surface area contributed by atoms with Crippen LogP contribution in [0.5, 0.6) is 11.6 Å². The van der Waals surface area contributed by atoms with E-state index in [1.165, 1.54) is 11.3 Å². The number of rotatable bonds is 5. The van der Waals surface area contributed by atoms with Crippen molar-refractivity contribution in [2.24, 2.45) is 0 Å². The Morgan fingerprint density at radius 3 is 2.67 bits per heavy atom. The first kappa shape index (κ1) is 16.1. The molecule has 1 N–H and O–H groups in total. The Kier molecular flexibility index (Phi) is 4.86. The highest BCUT2D eigenvalue weighted by Crippen LogP contribution is 2.22. The zero-order valence-corrected chi connectivity index (χ0v) is 14.3. The molecule has 2 heterocycles. The minimum absolute atomic E-state index is 0.121. The summed E-state index contributed by atoms with van der Waals surface area (Å²) in [6, 6.07) is 10.8. The van der Waals surface area contributed by atoms with Crippen molar-refractivity contribution in [2.75, 3.05) is 5.32 Å². The Morgan fingerprint density at radius 2 is 2.00 bits per heavy atom. The van der Waals surface area contributed by atoms with Crippen LogP contribution in [0.15, 0.2) is 47.2 Å². The number of carbonyl (C=O) groups excluding carboxylic acids is 1. The normalized spacial score (nSPS) is 10.4. The molecule has 5 nitrogen and oxygen atoms in total. The highest BCUT2D eigenvalue weighted by Gasteiger charge is 2.07. The van der Waals surface area contributed by atoms with Gasteiger partial charge in [0.1, 0.15) is 11.6 Å². The molecule has 0 saturated heterocycles. The fourth-order valence-corrected chi connectivity index (χ4v) is 2.79. The van der Waals surface area contributed by atoms with Gasteiger partial charge in [0.05, 0.1) is 5.56 Å². The van der Waals surface area contributed by atoms with Gasteiger partial charge in [-0.15, -0.1) is 0 Å². The molecule has 0 radical (unpaired) electrons. The molecule has 0 saturated carbocycles. The maximum atomic E-state index is 12.0. The molecule has 3 aromatic rings. The van der Waals surface area contributed by atoms with Crippen molar-refractivity contribution < 1.29 is 9.53 Å². The number of amides is 1. The molecule has 0 atom stereocenters. The Labute approximate surface area is 144 Å². The smallest absolute Gasteiger partial charge is 0.256 e. The Morgan fingerprint density at radius 1 is 1.21 bits per heavy atom. The van der Waals surface area contributed by atoms with E-state index in [2.05, 4.69) is 15.3 Å². The molecular weight excluding hydrogens is 322 g/mol. The van der Waals surface area contributed by atoms with Crippen molar-refractivity contribution in [1.29, 1.82) is 0 Å². The molecule has 0 spiro atoms. The second kappa shape index (κ2) is 7.23. The summed E-state index contributed by atoms with van der Waals surface area (Å²) >= 11 is 1.49. The van der Waals surface area contributed by atoms with Crippen molar-refractivity contribution in [2.45, 2.75) is 20.3 Å². The summed E-state index contributed by atoms with van der Waals surface area (Å²) in [5.74, 6) is 1.74. The van der Waals surface area contributed by atoms with Gasteiger partial charge < -0.3 is 10.1 Å². The summed E-state index contributed by atoms with van der Waals surface area (Å²) in [6.07, 6.45) is 0.827. The Balaban J connectivity index is 1.68. The number of ether oxygens (including phenoxy) is 1. The van der Waals surface area contributed by atoms with E-state index in [1.54, 1.807) is 30.3 Å². The number of hydrogen-bond donors (Lipinski definition) is 1. The topological polar surface area (TPSA) is 64.1 Å². The van der Waals surface area contributed by atoms with Crippen LogP contribution in [0, 0.1) is 6.92 Å². The molecule has 1 amide bonds. The van der Waals surface area contributed by atoms with Crippen LogP contribution < -0.4 is 10.1 Å². The van der Waals surface area contributed by atoms with Gasteiger partial charge >= 0.3 is 0 Å². The summed E-state index contributed by atoms with van der Waals surface area (Å²) in [4.78, 5) is 20.6. The quantitative estimate of drug-likeness (QED) is 0.746. The van der Waals surface area contributed by atoms with E-state index in [1.807, 2.05) is 30.7 Å². The molecule has 0 aliphatic carbocycles. The third-order valence-corrected chi connectivity index (χ3v) is 4.03. The van der Waals surface area contributed by atoms with E-state index in [-0.39, 0.29) is 5.91 Å². The number of carbonyl (C=O) groups is 1. The minimum Gasteiger partial charge on any atom is -0.439 e. The Bertz CT molecular complexity index is 830. The summed E-state index contributed by atoms with van der Waals surface area (Å²) in [7, 11) is 0. The maximum absolute atomic E-state index is 12.0. The molecular formula is C18H17N3O2S. The molecule has 0 bridgehead atoms. The number of aromatic nitrogens is 2. The van der Waals surface area contributed by atoms with Gasteiger partial charge in [0, 0.05) is 22.8 Å². The van der Waals surface area contributed by atoms with Gasteiger partial charge in [0.15, 0.2) is 0 Å². The first-order valence-corrected chi connectivity index (χ1v) is 8.54. The van der Waals surface area contributed by atoms with E-state index < -0.39 is 0 Å². The van der Waals surface area contributed by atoms with Crippen molar-refractivity contribution >= 4 is 22.9 Å². The zero-order valence-electron chi connectivity index (χ0n) is 13.4. The highest BCUT2D eigenvalue weighted by molar-refractivity contribution is 7.08. The summed E-state index contributed by atoms with van der Waals surface area (Å²) in [5.41, 5.74) is 2.31. The second-order valence-electron chi connectivity index (χ2n) is 5.19. The largest absolute Gasteiger partial charge is 0.439 e. The molecule has 0 unspecified atom stereocenters. The molecule has 0 aliphatic heterocycles. The van der Waals surface area contributed by atoms with Gasteiger partial charge in [0.2, 0.25) is 5.88 Å². The van der Waals surface area contributed by atoms with E-state index in [4.69, 9.17) is 4.74 Å². The number of anilines is 1. The maximum Gasteiger partial charge on any atom is 0.256 e. The van der Waals surface area contributed by atoms with Crippen LogP contribution in [0.4, 0.5) is 5.69 Å². The molecule has 3 rings (SSSR count). The van der Waals surface area contributed by atoms with Gasteiger partial charge in [0.25, 0.3) is 5.91 Å². The van der Waals surface area contributed by atoms with Crippen LogP contribution in [0.3, 0.4) is 0 Å². The van der Waals surface area contributed by atoms with Crippen LogP contribution in [0.25, 0.3) is 0 Å². The van der Waals surface area contributed by atoms with Crippen LogP contribution in [0.1, 0.15) is 28.8 Å². The standard InChI is InChI=1S/C18H17N3O2S/c1-3-14-10-17(20-12(2)19-14)23-16-6-4-15(5-7-16)21-18(22)13-8-9-24-11-13/h4-11H,3H2,1-2H3,(H,21,22). The molecule has 6 heteroatoms. The van der Waals surface area contributed by atoms with Gasteiger partial charge in [-0.1, -0.05) is 6.92 Å². The fraction of sp³-hybridized carbons (Fsp3) is 0.167. The van der Waals surface area contributed by atoms with E-state index >= 15 is 0 Å². The SMILES string of the molecule is CCc1cc(Oc2ccc(NC(=O)c3ccsc3)cc2)nc(C)n1. The number of nitrogens with one attached hydrogen (secondary N) is 1. The monoisotopic (exact) mass is 339 g/mol. The predicted molar refractivity (Wildman–Crippen MR) is 94.9 cm³/mol. The van der Waals surface area contributed by atoms with E-state index in [0.29, 0.717) is 28.7 Å². The number of hydrogen-bond acceptors (Lipinski definition) is 5. The van der Waals surface area contributed by atoms with E-state index in [0.717, 1.165) is 12.1 Å². The summed E-state index contributed by atoms with van der Waals surface area (Å²) in [5, 5.41) is 6.54. The summed E-state index contributed by atoms with van der Waals surface area (Å²) < 4.78 is 5.77. The van der Waals surface area contributed by atoms with Gasteiger partial charge in [-0.05, 0) is 49.1 Å². The average molecular weight is 339 g/mol. The molecule has 2 aromatic heterocycles. The van der Waals surface area contributed by atoms with Gasteiger partial charge in [-0.25, -0.2) is 4.98 Å². The molecule has 1 aromatic carbocycles.